The molecule has 0 saturated carbocycles. The molecule has 0 N–H and O–H groups in total. The maximum atomic E-state index is 5.89. The molecule has 1 fully saturated rings. The van der Waals surface area contributed by atoms with Crippen molar-refractivity contribution in [2.24, 2.45) is 0 Å². The Labute approximate surface area is 103 Å². The lowest BCUT2D eigenvalue weighted by Crippen LogP contribution is -2.26. The van der Waals surface area contributed by atoms with Gasteiger partial charge >= 0.3 is 0 Å². The van der Waals surface area contributed by atoms with Crippen molar-refractivity contribution in [2.75, 3.05) is 6.54 Å². The Hall–Kier alpha value is -0.950. The second kappa shape index (κ2) is 4.92. The number of halogens is 1. The van der Waals surface area contributed by atoms with Gasteiger partial charge < -0.3 is 4.90 Å². The first-order chi connectivity index (χ1) is 7.72. The first-order valence-corrected chi connectivity index (χ1v) is 6.31. The number of benzene rings is 1. The fourth-order valence-corrected chi connectivity index (χ4v) is 2.55. The van der Waals surface area contributed by atoms with Gasteiger partial charge in [0.1, 0.15) is 0 Å². The van der Waals surface area contributed by atoms with Gasteiger partial charge in [-0.05, 0) is 37.0 Å². The smallest absolute Gasteiger partial charge is 0.0406 e. The summed E-state index contributed by atoms with van der Waals surface area (Å²) in [6, 6.07) is 8.63. The fraction of sp³-hybridized carbons (Fsp3) is 0.429. The maximum Gasteiger partial charge on any atom is 0.0406 e. The van der Waals surface area contributed by atoms with Crippen molar-refractivity contribution in [3.8, 4) is 0 Å². The van der Waals surface area contributed by atoms with Crippen LogP contribution in [-0.4, -0.2) is 17.5 Å². The standard InChI is InChI=1S/C14H18ClN/c1-3-14-5-4-10-16(14)11(2)12-6-8-13(15)9-7-12/h6-9,14H,2-5,10H2,1H3. The molecular weight excluding hydrogens is 218 g/mol. The number of hydrogen-bond donors (Lipinski definition) is 0. The van der Waals surface area contributed by atoms with Gasteiger partial charge in [0.25, 0.3) is 0 Å². The van der Waals surface area contributed by atoms with Crippen molar-refractivity contribution in [1.29, 1.82) is 0 Å². The van der Waals surface area contributed by atoms with Crippen LogP contribution < -0.4 is 0 Å². The van der Waals surface area contributed by atoms with E-state index in [4.69, 9.17) is 11.6 Å². The summed E-state index contributed by atoms with van der Waals surface area (Å²) in [5.74, 6) is 0. The Morgan fingerprint density at radius 2 is 2.12 bits per heavy atom. The molecule has 0 bridgehead atoms. The highest BCUT2D eigenvalue weighted by Crippen LogP contribution is 2.29. The largest absolute Gasteiger partial charge is 0.369 e. The number of rotatable bonds is 3. The van der Waals surface area contributed by atoms with Crippen molar-refractivity contribution in [1.82, 2.24) is 4.90 Å². The van der Waals surface area contributed by atoms with Gasteiger partial charge in [0, 0.05) is 23.3 Å². The molecule has 16 heavy (non-hydrogen) atoms. The maximum absolute atomic E-state index is 5.89. The van der Waals surface area contributed by atoms with Crippen molar-refractivity contribution in [3.05, 3.63) is 41.4 Å². The van der Waals surface area contributed by atoms with Crippen LogP contribution in [0.1, 0.15) is 31.7 Å². The predicted molar refractivity (Wildman–Crippen MR) is 70.5 cm³/mol. The van der Waals surface area contributed by atoms with Gasteiger partial charge in [0.05, 0.1) is 0 Å². The molecule has 1 unspecified atom stereocenters. The number of nitrogens with zero attached hydrogens (tertiary/aromatic N) is 1. The topological polar surface area (TPSA) is 3.24 Å². The van der Waals surface area contributed by atoms with E-state index in [1.165, 1.54) is 24.8 Å². The van der Waals surface area contributed by atoms with Gasteiger partial charge in [0.15, 0.2) is 0 Å². The predicted octanol–water partition coefficient (Wildman–Crippen LogP) is 4.19. The molecule has 0 aliphatic carbocycles. The molecule has 1 nitrogen and oxygen atoms in total. The van der Waals surface area contributed by atoms with Crippen molar-refractivity contribution in [2.45, 2.75) is 32.2 Å². The summed E-state index contributed by atoms with van der Waals surface area (Å²) < 4.78 is 0. The molecule has 0 amide bonds. The van der Waals surface area contributed by atoms with Crippen LogP contribution in [0.4, 0.5) is 0 Å². The molecular formula is C14H18ClN. The number of hydrogen-bond acceptors (Lipinski definition) is 1. The zero-order valence-corrected chi connectivity index (χ0v) is 10.5. The van der Waals surface area contributed by atoms with E-state index in [9.17, 15) is 0 Å². The third-order valence-corrected chi connectivity index (χ3v) is 3.62. The van der Waals surface area contributed by atoms with Crippen LogP contribution in [-0.2, 0) is 0 Å². The summed E-state index contributed by atoms with van der Waals surface area (Å²) in [5.41, 5.74) is 2.32. The summed E-state index contributed by atoms with van der Waals surface area (Å²) >= 11 is 5.89. The van der Waals surface area contributed by atoms with Crippen molar-refractivity contribution >= 4 is 17.3 Å². The second-order valence-electron chi connectivity index (χ2n) is 4.35. The van der Waals surface area contributed by atoms with Crippen LogP contribution in [0.5, 0.6) is 0 Å². The molecule has 0 radical (unpaired) electrons. The minimum atomic E-state index is 0.670. The molecule has 86 valence electrons. The molecule has 1 atom stereocenters. The quantitative estimate of drug-likeness (QED) is 0.760. The molecule has 1 saturated heterocycles. The summed E-state index contributed by atoms with van der Waals surface area (Å²) in [4.78, 5) is 2.43. The SMILES string of the molecule is C=C(c1ccc(Cl)cc1)N1CCCC1CC. The molecule has 0 spiro atoms. The third kappa shape index (κ3) is 2.25. The monoisotopic (exact) mass is 235 g/mol. The lowest BCUT2D eigenvalue weighted by Gasteiger charge is -2.28. The zero-order chi connectivity index (χ0) is 11.5. The van der Waals surface area contributed by atoms with E-state index in [0.29, 0.717) is 6.04 Å². The Kier molecular flexibility index (Phi) is 3.55. The first-order valence-electron chi connectivity index (χ1n) is 5.94. The van der Waals surface area contributed by atoms with Crippen LogP contribution in [0.15, 0.2) is 30.8 Å². The molecule has 1 aliphatic rings. The molecule has 0 aromatic heterocycles. The highest BCUT2D eigenvalue weighted by molar-refractivity contribution is 6.30. The lowest BCUT2D eigenvalue weighted by atomic mass is 10.1. The van der Waals surface area contributed by atoms with Gasteiger partial charge in [-0.2, -0.15) is 0 Å². The number of likely N-dealkylation sites (tertiary alicyclic amines) is 1. The lowest BCUT2D eigenvalue weighted by molar-refractivity contribution is 0.361. The summed E-state index contributed by atoms with van der Waals surface area (Å²) in [6.07, 6.45) is 3.78. The van der Waals surface area contributed by atoms with Crippen molar-refractivity contribution < 1.29 is 0 Å². The van der Waals surface area contributed by atoms with Gasteiger partial charge in [-0.3, -0.25) is 0 Å². The third-order valence-electron chi connectivity index (χ3n) is 3.37. The molecule has 1 aromatic rings. The normalized spacial score (nSPS) is 20.1. The van der Waals surface area contributed by atoms with E-state index in [2.05, 4.69) is 30.5 Å². The second-order valence-corrected chi connectivity index (χ2v) is 4.79. The summed E-state index contributed by atoms with van der Waals surface area (Å²) in [5, 5.41) is 0.782. The van der Waals surface area contributed by atoms with Crippen molar-refractivity contribution in [3.63, 3.8) is 0 Å². The van der Waals surface area contributed by atoms with E-state index < -0.39 is 0 Å². The Morgan fingerprint density at radius 1 is 1.44 bits per heavy atom. The van der Waals surface area contributed by atoms with Crippen LogP contribution in [0.2, 0.25) is 5.02 Å². The molecule has 2 heteroatoms. The highest BCUT2D eigenvalue weighted by Gasteiger charge is 2.24. The van der Waals surface area contributed by atoms with E-state index in [0.717, 1.165) is 17.3 Å². The van der Waals surface area contributed by atoms with Crippen LogP contribution in [0, 0.1) is 0 Å². The van der Waals surface area contributed by atoms with Gasteiger partial charge in [0.2, 0.25) is 0 Å². The minimum absolute atomic E-state index is 0.670. The summed E-state index contributed by atoms with van der Waals surface area (Å²) in [6.45, 7) is 7.60. The Bertz CT molecular complexity index is 369. The summed E-state index contributed by atoms with van der Waals surface area (Å²) in [7, 11) is 0. The minimum Gasteiger partial charge on any atom is -0.369 e. The van der Waals surface area contributed by atoms with E-state index in [1.807, 2.05) is 12.1 Å². The Morgan fingerprint density at radius 3 is 2.75 bits per heavy atom. The molecule has 1 aromatic carbocycles. The molecule has 1 aliphatic heterocycles. The van der Waals surface area contributed by atoms with E-state index >= 15 is 0 Å². The average Bonchev–Trinajstić information content (AvgIpc) is 2.77. The van der Waals surface area contributed by atoms with E-state index in [-0.39, 0.29) is 0 Å². The van der Waals surface area contributed by atoms with E-state index in [1.54, 1.807) is 0 Å². The zero-order valence-electron chi connectivity index (χ0n) is 9.75. The van der Waals surface area contributed by atoms with Crippen LogP contribution >= 0.6 is 11.6 Å². The van der Waals surface area contributed by atoms with Gasteiger partial charge in [-0.25, -0.2) is 0 Å². The molecule has 1 heterocycles. The average molecular weight is 236 g/mol. The Balaban J connectivity index is 2.15. The first kappa shape index (κ1) is 11.5. The highest BCUT2D eigenvalue weighted by atomic mass is 35.5. The van der Waals surface area contributed by atoms with Crippen LogP contribution in [0.3, 0.4) is 0 Å². The molecule has 2 rings (SSSR count). The fourth-order valence-electron chi connectivity index (χ4n) is 2.42. The van der Waals surface area contributed by atoms with Crippen LogP contribution in [0.25, 0.3) is 5.70 Å². The van der Waals surface area contributed by atoms with Gasteiger partial charge in [-0.1, -0.05) is 37.2 Å². The van der Waals surface area contributed by atoms with Gasteiger partial charge in [-0.15, -0.1) is 0 Å².